The Hall–Kier alpha value is -2.20. The number of nitrogens with zero attached hydrogens (tertiary/aromatic N) is 1. The van der Waals surface area contributed by atoms with Crippen LogP contribution in [0.3, 0.4) is 0 Å². The van der Waals surface area contributed by atoms with E-state index in [2.05, 4.69) is 10.3 Å². The number of amidine groups is 1. The van der Waals surface area contributed by atoms with E-state index in [4.69, 9.17) is 9.47 Å². The summed E-state index contributed by atoms with van der Waals surface area (Å²) in [6.07, 6.45) is 1.75. The van der Waals surface area contributed by atoms with Gasteiger partial charge in [-0.15, -0.1) is 0 Å². The highest BCUT2D eigenvalue weighted by Gasteiger charge is 2.24. The van der Waals surface area contributed by atoms with Crippen LogP contribution in [0.5, 0.6) is 17.2 Å². The summed E-state index contributed by atoms with van der Waals surface area (Å²) >= 11 is 3.29. The zero-order valence-corrected chi connectivity index (χ0v) is 17.6. The van der Waals surface area contributed by atoms with Gasteiger partial charge in [-0.05, 0) is 89.3 Å². The van der Waals surface area contributed by atoms with E-state index in [9.17, 15) is 9.90 Å². The van der Waals surface area contributed by atoms with Gasteiger partial charge in [0.05, 0.1) is 27.9 Å². The summed E-state index contributed by atoms with van der Waals surface area (Å²) < 4.78 is 11.2. The minimum absolute atomic E-state index is 0.102. The number of ether oxygens (including phenoxy) is 2. The molecule has 2 aromatic rings. The highest BCUT2D eigenvalue weighted by molar-refractivity contribution is 14.1. The largest absolute Gasteiger partial charge is 0.504 e. The number of hydrogen-bond acceptors (Lipinski definition) is 6. The first kappa shape index (κ1) is 19.6. The van der Waals surface area contributed by atoms with Crippen molar-refractivity contribution in [2.45, 2.75) is 6.92 Å². The van der Waals surface area contributed by atoms with E-state index < -0.39 is 0 Å². The fourth-order valence-electron chi connectivity index (χ4n) is 2.35. The van der Waals surface area contributed by atoms with Crippen molar-refractivity contribution in [2.24, 2.45) is 4.99 Å². The summed E-state index contributed by atoms with van der Waals surface area (Å²) in [6, 6.07) is 10.8. The third-order valence-electron chi connectivity index (χ3n) is 3.60. The highest BCUT2D eigenvalue weighted by atomic mass is 127. The molecule has 8 heteroatoms. The molecule has 3 rings (SSSR count). The van der Waals surface area contributed by atoms with Gasteiger partial charge in [0.15, 0.2) is 16.7 Å². The van der Waals surface area contributed by atoms with Crippen molar-refractivity contribution in [1.82, 2.24) is 5.32 Å². The van der Waals surface area contributed by atoms with Crippen molar-refractivity contribution in [3.05, 3.63) is 50.4 Å². The molecule has 0 radical (unpaired) electrons. The number of phenols is 1. The number of carbonyl (C=O) groups is 1. The molecule has 140 valence electrons. The van der Waals surface area contributed by atoms with Crippen LogP contribution in [0.1, 0.15) is 12.5 Å². The van der Waals surface area contributed by atoms with Crippen molar-refractivity contribution in [3.63, 3.8) is 0 Å². The molecule has 0 unspecified atom stereocenters. The first-order valence-corrected chi connectivity index (χ1v) is 9.98. The van der Waals surface area contributed by atoms with Gasteiger partial charge in [-0.3, -0.25) is 4.79 Å². The van der Waals surface area contributed by atoms with Crippen LogP contribution in [0.4, 0.5) is 5.69 Å². The number of benzene rings is 2. The lowest BCUT2D eigenvalue weighted by atomic mass is 10.2. The zero-order valence-electron chi connectivity index (χ0n) is 14.7. The fraction of sp³-hybridized carbons (Fsp3) is 0.158. The predicted molar refractivity (Wildman–Crippen MR) is 116 cm³/mol. The van der Waals surface area contributed by atoms with Crippen LogP contribution in [0.15, 0.2) is 46.3 Å². The molecule has 0 aromatic heterocycles. The SMILES string of the molecule is CCOc1cc(/C=C2\SC(=Nc3ccc(OC)cc3)NC2=O)cc(I)c1O. The van der Waals surface area contributed by atoms with E-state index >= 15 is 0 Å². The Balaban J connectivity index is 1.83. The Morgan fingerprint density at radius 1 is 1.30 bits per heavy atom. The van der Waals surface area contributed by atoms with Gasteiger partial charge in [-0.2, -0.15) is 0 Å². The van der Waals surface area contributed by atoms with E-state index in [1.54, 1.807) is 25.3 Å². The molecule has 27 heavy (non-hydrogen) atoms. The normalized spacial score (nSPS) is 16.6. The number of amides is 1. The molecule has 2 N–H and O–H groups in total. The molecule has 6 nitrogen and oxygen atoms in total. The molecule has 0 saturated carbocycles. The minimum Gasteiger partial charge on any atom is -0.504 e. The average molecular weight is 496 g/mol. The van der Waals surface area contributed by atoms with Gasteiger partial charge in [-0.25, -0.2) is 4.99 Å². The number of rotatable bonds is 5. The Bertz CT molecular complexity index is 926. The van der Waals surface area contributed by atoms with E-state index in [1.807, 2.05) is 53.8 Å². The van der Waals surface area contributed by atoms with Crippen molar-refractivity contribution < 1.29 is 19.4 Å². The zero-order chi connectivity index (χ0) is 19.4. The Kier molecular flexibility index (Phi) is 6.27. The number of phenolic OH excluding ortho intramolecular Hbond substituents is 1. The average Bonchev–Trinajstić information content (AvgIpc) is 2.99. The number of aromatic hydroxyl groups is 1. The molecule has 0 spiro atoms. The monoisotopic (exact) mass is 496 g/mol. The Morgan fingerprint density at radius 3 is 2.70 bits per heavy atom. The molecule has 0 bridgehead atoms. The number of thioether (sulfide) groups is 1. The maximum absolute atomic E-state index is 12.3. The molecule has 1 heterocycles. The number of aliphatic imine (C=N–C) groups is 1. The number of hydrogen-bond donors (Lipinski definition) is 2. The first-order chi connectivity index (χ1) is 13.0. The molecular weight excluding hydrogens is 479 g/mol. The van der Waals surface area contributed by atoms with Gasteiger partial charge in [0, 0.05) is 0 Å². The number of methoxy groups -OCH3 is 1. The third-order valence-corrected chi connectivity index (χ3v) is 5.33. The van der Waals surface area contributed by atoms with Crippen LogP contribution in [-0.4, -0.2) is 29.9 Å². The number of carbonyl (C=O) groups excluding carboxylic acids is 1. The van der Waals surface area contributed by atoms with Crippen LogP contribution >= 0.6 is 34.4 Å². The topological polar surface area (TPSA) is 80.2 Å². The van der Waals surface area contributed by atoms with Gasteiger partial charge in [0.25, 0.3) is 5.91 Å². The molecule has 1 fully saturated rings. The lowest BCUT2D eigenvalue weighted by Crippen LogP contribution is -2.19. The summed E-state index contributed by atoms with van der Waals surface area (Å²) in [5, 5.41) is 13.3. The smallest absolute Gasteiger partial charge is 0.264 e. The maximum Gasteiger partial charge on any atom is 0.264 e. The molecule has 0 atom stereocenters. The van der Waals surface area contributed by atoms with Gasteiger partial charge < -0.3 is 19.9 Å². The second-order valence-electron chi connectivity index (χ2n) is 5.46. The summed E-state index contributed by atoms with van der Waals surface area (Å²) in [4.78, 5) is 17.2. The van der Waals surface area contributed by atoms with Crippen molar-refractivity contribution >= 4 is 57.2 Å². The number of halogens is 1. The third kappa shape index (κ3) is 4.75. The van der Waals surface area contributed by atoms with Crippen LogP contribution in [-0.2, 0) is 4.79 Å². The Labute approximate surface area is 174 Å². The highest BCUT2D eigenvalue weighted by Crippen LogP contribution is 2.35. The molecule has 0 aliphatic carbocycles. The lowest BCUT2D eigenvalue weighted by molar-refractivity contribution is -0.115. The summed E-state index contributed by atoms with van der Waals surface area (Å²) in [5.41, 5.74) is 1.49. The minimum atomic E-state index is -0.215. The Morgan fingerprint density at radius 2 is 2.04 bits per heavy atom. The van der Waals surface area contributed by atoms with Crippen LogP contribution in [0.2, 0.25) is 0 Å². The summed E-state index contributed by atoms with van der Waals surface area (Å²) in [7, 11) is 1.60. The van der Waals surface area contributed by atoms with Gasteiger partial charge >= 0.3 is 0 Å². The van der Waals surface area contributed by atoms with Gasteiger partial charge in [0.2, 0.25) is 0 Å². The van der Waals surface area contributed by atoms with Crippen LogP contribution in [0, 0.1) is 3.57 Å². The lowest BCUT2D eigenvalue weighted by Gasteiger charge is -2.08. The van der Waals surface area contributed by atoms with Crippen molar-refractivity contribution in [2.75, 3.05) is 13.7 Å². The van der Waals surface area contributed by atoms with Crippen LogP contribution in [0.25, 0.3) is 6.08 Å². The summed E-state index contributed by atoms with van der Waals surface area (Å²) in [5.74, 6) is 1.03. The van der Waals surface area contributed by atoms with E-state index in [-0.39, 0.29) is 11.7 Å². The van der Waals surface area contributed by atoms with E-state index in [1.165, 1.54) is 11.8 Å². The predicted octanol–water partition coefficient (Wildman–Crippen LogP) is 4.30. The van der Waals surface area contributed by atoms with E-state index in [0.717, 1.165) is 17.0 Å². The van der Waals surface area contributed by atoms with Gasteiger partial charge in [-0.1, -0.05) is 0 Å². The standard InChI is InChI=1S/C19H17IN2O4S/c1-3-26-15-9-11(8-14(20)17(15)23)10-16-18(24)22-19(27-16)21-12-4-6-13(25-2)7-5-12/h4-10,23H,3H2,1-2H3,(H,21,22,24)/b16-10-. The fourth-order valence-corrected chi connectivity index (χ4v) is 3.82. The molecule has 1 saturated heterocycles. The molecule has 2 aromatic carbocycles. The molecule has 1 aliphatic rings. The summed E-state index contributed by atoms with van der Waals surface area (Å²) in [6.45, 7) is 2.29. The number of nitrogens with one attached hydrogen (secondary N) is 1. The van der Waals surface area contributed by atoms with E-state index in [0.29, 0.717) is 26.0 Å². The van der Waals surface area contributed by atoms with Gasteiger partial charge in [0.1, 0.15) is 5.75 Å². The van der Waals surface area contributed by atoms with Crippen molar-refractivity contribution in [1.29, 1.82) is 0 Å². The second kappa shape index (κ2) is 8.66. The van der Waals surface area contributed by atoms with Crippen molar-refractivity contribution in [3.8, 4) is 17.2 Å². The second-order valence-corrected chi connectivity index (χ2v) is 7.66. The molecule has 1 amide bonds. The maximum atomic E-state index is 12.3. The van der Waals surface area contributed by atoms with Crippen LogP contribution < -0.4 is 14.8 Å². The molecule has 1 aliphatic heterocycles. The quantitative estimate of drug-likeness (QED) is 0.477. The first-order valence-electron chi connectivity index (χ1n) is 8.09. The molecular formula is C19H17IN2O4S.